The predicted octanol–water partition coefficient (Wildman–Crippen LogP) is 10.1. The highest BCUT2D eigenvalue weighted by molar-refractivity contribution is 7.91. The first-order valence-corrected chi connectivity index (χ1v) is 18.5. The average Bonchev–Trinajstić information content (AvgIpc) is 3.15. The smallest absolute Gasteiger partial charge is 0.206 e. The summed E-state index contributed by atoms with van der Waals surface area (Å²) in [5, 5.41) is 0. The Labute approximate surface area is 295 Å². The Balaban J connectivity index is 1.03. The standard InChI is InChI=1S/C41H43NO7S/c1-4-9-30-10-14-32(15-11-30)47-26-7-5-6-8-27-48-33-16-22-37(23-17-33)50(43,44)36-20-12-31(13-21-36)42-38-24-18-34(45-2)28-40(38)49-41-29-35(46-3)19-25-39(41)42/h10-25,28-29H,4-9,26-27H2,1-3H3. The number of anilines is 3. The molecule has 0 amide bonds. The number of fused-ring (bicyclic) bond motifs is 2. The summed E-state index contributed by atoms with van der Waals surface area (Å²) in [6.45, 7) is 3.45. The number of hydrogen-bond acceptors (Lipinski definition) is 8. The molecule has 0 atom stereocenters. The lowest BCUT2D eigenvalue weighted by Crippen LogP contribution is -2.16. The van der Waals surface area contributed by atoms with Crippen molar-refractivity contribution < 1.29 is 32.1 Å². The van der Waals surface area contributed by atoms with Crippen LogP contribution in [0.4, 0.5) is 17.1 Å². The van der Waals surface area contributed by atoms with Gasteiger partial charge in [0.15, 0.2) is 11.5 Å². The van der Waals surface area contributed by atoms with Gasteiger partial charge in [-0.05, 0) is 123 Å². The molecule has 0 unspecified atom stereocenters. The largest absolute Gasteiger partial charge is 0.497 e. The highest BCUT2D eigenvalue weighted by atomic mass is 32.2. The van der Waals surface area contributed by atoms with Gasteiger partial charge in [0, 0.05) is 17.8 Å². The van der Waals surface area contributed by atoms with Crippen molar-refractivity contribution in [3.05, 3.63) is 115 Å². The SMILES string of the molecule is CCCc1ccc(OCCCCCCOc2ccc(S(=O)(=O)c3ccc(N4c5ccc(OC)cc5Oc5cc(OC)ccc54)cc3)cc2)cc1. The topological polar surface area (TPSA) is 83.5 Å². The molecule has 1 aliphatic heterocycles. The Morgan fingerprint density at radius 1 is 0.580 bits per heavy atom. The molecule has 0 bridgehead atoms. The minimum absolute atomic E-state index is 0.200. The van der Waals surface area contributed by atoms with Crippen molar-refractivity contribution in [1.29, 1.82) is 0 Å². The van der Waals surface area contributed by atoms with Crippen LogP contribution in [0.3, 0.4) is 0 Å². The third-order valence-corrected chi connectivity index (χ3v) is 10.4. The summed E-state index contributed by atoms with van der Waals surface area (Å²) < 4.78 is 56.0. The third-order valence-electron chi connectivity index (χ3n) is 8.61. The van der Waals surface area contributed by atoms with Crippen LogP contribution >= 0.6 is 0 Å². The summed E-state index contributed by atoms with van der Waals surface area (Å²) in [6, 6.07) is 33.1. The molecule has 5 aromatic carbocycles. The van der Waals surface area contributed by atoms with E-state index in [2.05, 4.69) is 19.1 Å². The molecule has 0 aliphatic carbocycles. The maximum atomic E-state index is 13.6. The number of unbranched alkanes of at least 4 members (excludes halogenated alkanes) is 3. The highest BCUT2D eigenvalue weighted by Gasteiger charge is 2.27. The molecule has 0 aromatic heterocycles. The second kappa shape index (κ2) is 16.0. The Hall–Kier alpha value is -5.15. The molecular weight excluding hydrogens is 651 g/mol. The van der Waals surface area contributed by atoms with Gasteiger partial charge in [0.1, 0.15) is 23.0 Å². The fourth-order valence-electron chi connectivity index (χ4n) is 5.91. The maximum Gasteiger partial charge on any atom is 0.206 e. The van der Waals surface area contributed by atoms with Crippen molar-refractivity contribution in [2.24, 2.45) is 0 Å². The number of hydrogen-bond donors (Lipinski definition) is 0. The number of sulfone groups is 1. The molecule has 5 aromatic rings. The van der Waals surface area contributed by atoms with Gasteiger partial charge in [-0.1, -0.05) is 25.5 Å². The molecule has 0 saturated carbocycles. The first-order valence-electron chi connectivity index (χ1n) is 17.0. The van der Waals surface area contributed by atoms with E-state index in [4.69, 9.17) is 23.7 Å². The number of nitrogens with zero attached hydrogens (tertiary/aromatic N) is 1. The quantitative estimate of drug-likeness (QED) is 0.0927. The van der Waals surface area contributed by atoms with Gasteiger partial charge >= 0.3 is 0 Å². The zero-order chi connectivity index (χ0) is 34.9. The van der Waals surface area contributed by atoms with Crippen LogP contribution < -0.4 is 28.6 Å². The van der Waals surface area contributed by atoms with Gasteiger partial charge in [-0.15, -0.1) is 0 Å². The van der Waals surface area contributed by atoms with Gasteiger partial charge in [0.25, 0.3) is 0 Å². The van der Waals surface area contributed by atoms with Crippen molar-refractivity contribution in [3.63, 3.8) is 0 Å². The van der Waals surface area contributed by atoms with Gasteiger partial charge < -0.3 is 28.6 Å². The number of methoxy groups -OCH3 is 2. The fourth-order valence-corrected chi connectivity index (χ4v) is 7.17. The first kappa shape index (κ1) is 34.7. The summed E-state index contributed by atoms with van der Waals surface area (Å²) in [6.07, 6.45) is 6.23. The van der Waals surface area contributed by atoms with Gasteiger partial charge in [-0.2, -0.15) is 0 Å². The lowest BCUT2D eigenvalue weighted by Gasteiger charge is -2.33. The summed E-state index contributed by atoms with van der Waals surface area (Å²) >= 11 is 0. The molecule has 50 heavy (non-hydrogen) atoms. The number of benzene rings is 5. The van der Waals surface area contributed by atoms with Crippen LogP contribution in [-0.2, 0) is 16.3 Å². The Morgan fingerprint density at radius 2 is 1.04 bits per heavy atom. The van der Waals surface area contributed by atoms with Crippen LogP contribution in [0, 0.1) is 0 Å². The highest BCUT2D eigenvalue weighted by Crippen LogP contribution is 2.52. The molecule has 0 N–H and O–H groups in total. The van der Waals surface area contributed by atoms with Crippen LogP contribution in [0.5, 0.6) is 34.5 Å². The van der Waals surface area contributed by atoms with Gasteiger partial charge in [0.05, 0.1) is 48.6 Å². The van der Waals surface area contributed by atoms with E-state index in [1.165, 1.54) is 5.56 Å². The van der Waals surface area contributed by atoms with E-state index >= 15 is 0 Å². The van der Waals surface area contributed by atoms with E-state index in [-0.39, 0.29) is 9.79 Å². The molecule has 0 radical (unpaired) electrons. The minimum atomic E-state index is -3.75. The number of ether oxygens (including phenoxy) is 5. The summed E-state index contributed by atoms with van der Waals surface area (Å²) in [5.41, 5.74) is 3.72. The molecule has 9 heteroatoms. The maximum absolute atomic E-state index is 13.6. The summed E-state index contributed by atoms with van der Waals surface area (Å²) in [4.78, 5) is 2.43. The molecule has 6 rings (SSSR count). The zero-order valence-electron chi connectivity index (χ0n) is 28.8. The van der Waals surface area contributed by atoms with Crippen molar-refractivity contribution in [1.82, 2.24) is 0 Å². The van der Waals surface area contributed by atoms with E-state index in [1.54, 1.807) is 62.8 Å². The van der Waals surface area contributed by atoms with E-state index in [0.717, 1.165) is 61.3 Å². The van der Waals surface area contributed by atoms with Crippen molar-refractivity contribution in [2.75, 3.05) is 32.3 Å². The Bertz CT molecular complexity index is 1920. The third kappa shape index (κ3) is 8.00. The zero-order valence-corrected chi connectivity index (χ0v) is 29.6. The normalized spacial score (nSPS) is 12.0. The molecular formula is C41H43NO7S. The van der Waals surface area contributed by atoms with Gasteiger partial charge in [-0.25, -0.2) is 8.42 Å². The lowest BCUT2D eigenvalue weighted by atomic mass is 10.1. The van der Waals surface area contributed by atoms with E-state index in [9.17, 15) is 8.42 Å². The fraction of sp³-hybridized carbons (Fsp3) is 0.268. The van der Waals surface area contributed by atoms with Crippen molar-refractivity contribution in [3.8, 4) is 34.5 Å². The molecule has 8 nitrogen and oxygen atoms in total. The Kier molecular flexibility index (Phi) is 11.1. The van der Waals surface area contributed by atoms with E-state index in [0.29, 0.717) is 42.0 Å². The van der Waals surface area contributed by atoms with Crippen LogP contribution in [0.25, 0.3) is 0 Å². The minimum Gasteiger partial charge on any atom is -0.497 e. The molecule has 0 fully saturated rings. The molecule has 0 saturated heterocycles. The molecule has 0 spiro atoms. The van der Waals surface area contributed by atoms with Crippen LogP contribution in [0.15, 0.2) is 119 Å². The molecule has 1 aliphatic rings. The van der Waals surface area contributed by atoms with Crippen LogP contribution in [-0.4, -0.2) is 35.9 Å². The summed E-state index contributed by atoms with van der Waals surface area (Å²) in [5.74, 6) is 4.11. The van der Waals surface area contributed by atoms with Crippen molar-refractivity contribution >= 4 is 26.9 Å². The molecule has 260 valence electrons. The number of aryl methyl sites for hydroxylation is 1. The predicted molar refractivity (Wildman–Crippen MR) is 196 cm³/mol. The first-order chi connectivity index (χ1) is 24.4. The van der Waals surface area contributed by atoms with Crippen molar-refractivity contribution in [2.45, 2.75) is 55.2 Å². The van der Waals surface area contributed by atoms with E-state index in [1.807, 2.05) is 53.4 Å². The molecule has 1 heterocycles. The second-order valence-corrected chi connectivity index (χ2v) is 14.0. The van der Waals surface area contributed by atoms with Crippen LogP contribution in [0.1, 0.15) is 44.6 Å². The summed E-state index contributed by atoms with van der Waals surface area (Å²) in [7, 11) is -0.538. The van der Waals surface area contributed by atoms with Gasteiger partial charge in [-0.3, -0.25) is 0 Å². The number of rotatable bonds is 16. The van der Waals surface area contributed by atoms with Crippen LogP contribution in [0.2, 0.25) is 0 Å². The second-order valence-electron chi connectivity index (χ2n) is 12.1. The Morgan fingerprint density at radius 3 is 1.52 bits per heavy atom. The van der Waals surface area contributed by atoms with E-state index < -0.39 is 9.84 Å². The monoisotopic (exact) mass is 693 g/mol. The lowest BCUT2D eigenvalue weighted by molar-refractivity contribution is 0.287. The van der Waals surface area contributed by atoms with Gasteiger partial charge in [0.2, 0.25) is 9.84 Å². The average molecular weight is 694 g/mol.